The predicted octanol–water partition coefficient (Wildman–Crippen LogP) is 3.19. The molecule has 2 aromatic heterocycles. The number of hydrogen-bond acceptors (Lipinski definition) is 5. The summed E-state index contributed by atoms with van der Waals surface area (Å²) in [5.74, 6) is 2.06. The Morgan fingerprint density at radius 3 is 3.00 bits per heavy atom. The van der Waals surface area contributed by atoms with Crippen molar-refractivity contribution in [1.29, 1.82) is 0 Å². The van der Waals surface area contributed by atoms with E-state index in [9.17, 15) is 0 Å². The number of aromatic nitrogens is 4. The first-order valence-electron chi connectivity index (χ1n) is 6.24. The Morgan fingerprint density at radius 1 is 1.26 bits per heavy atom. The van der Waals surface area contributed by atoms with Gasteiger partial charge < -0.3 is 9.51 Å². The molecular formula is C13H14N4OS. The van der Waals surface area contributed by atoms with Crippen LogP contribution in [0.4, 0.5) is 0 Å². The molecule has 1 N–H and O–H groups in total. The molecule has 0 bridgehead atoms. The smallest absolute Gasteiger partial charge is 0.237 e. The first-order chi connectivity index (χ1) is 9.35. The molecule has 5 nitrogen and oxygen atoms in total. The number of nitrogens with one attached hydrogen (secondary N) is 1. The normalized spacial score (nSPS) is 11.2. The number of nitrogens with zero attached hydrogens (tertiary/aromatic N) is 3. The lowest BCUT2D eigenvalue weighted by Crippen LogP contribution is -1.86. The van der Waals surface area contributed by atoms with Gasteiger partial charge in [-0.2, -0.15) is 4.98 Å². The average molecular weight is 274 g/mol. The van der Waals surface area contributed by atoms with Gasteiger partial charge in [-0.3, -0.25) is 0 Å². The number of imidazole rings is 1. The van der Waals surface area contributed by atoms with Crippen LogP contribution in [-0.2, 0) is 12.2 Å². The molecule has 0 radical (unpaired) electrons. The molecule has 0 atom stereocenters. The van der Waals surface area contributed by atoms with Crippen molar-refractivity contribution < 1.29 is 4.52 Å². The number of fused-ring (bicyclic) bond motifs is 1. The molecule has 6 heteroatoms. The first kappa shape index (κ1) is 12.2. The van der Waals surface area contributed by atoms with Crippen LogP contribution in [0.1, 0.15) is 25.1 Å². The van der Waals surface area contributed by atoms with Gasteiger partial charge in [-0.1, -0.05) is 36.0 Å². The summed E-state index contributed by atoms with van der Waals surface area (Å²) in [5.41, 5.74) is 2.02. The monoisotopic (exact) mass is 274 g/mol. The van der Waals surface area contributed by atoms with Crippen LogP contribution in [0.2, 0.25) is 0 Å². The fourth-order valence-electron chi connectivity index (χ4n) is 1.80. The summed E-state index contributed by atoms with van der Waals surface area (Å²) in [6.07, 6.45) is 1.88. The van der Waals surface area contributed by atoms with Gasteiger partial charge in [-0.05, 0) is 18.6 Å². The zero-order valence-corrected chi connectivity index (χ0v) is 11.4. The molecule has 2 heterocycles. The molecule has 0 unspecified atom stereocenters. The van der Waals surface area contributed by atoms with Crippen LogP contribution in [0.25, 0.3) is 11.0 Å². The van der Waals surface area contributed by atoms with Gasteiger partial charge in [0.1, 0.15) is 0 Å². The highest BCUT2D eigenvalue weighted by Crippen LogP contribution is 2.22. The molecule has 0 aliphatic rings. The molecule has 3 aromatic rings. The highest BCUT2D eigenvalue weighted by atomic mass is 32.2. The number of benzene rings is 1. The molecular weight excluding hydrogens is 260 g/mol. The second kappa shape index (κ2) is 5.44. The van der Waals surface area contributed by atoms with Crippen molar-refractivity contribution in [3.63, 3.8) is 0 Å². The van der Waals surface area contributed by atoms with E-state index in [1.54, 1.807) is 11.8 Å². The molecule has 0 aliphatic heterocycles. The maximum Gasteiger partial charge on any atom is 0.237 e. The van der Waals surface area contributed by atoms with E-state index < -0.39 is 0 Å². The third-order valence-electron chi connectivity index (χ3n) is 2.68. The van der Waals surface area contributed by atoms with E-state index in [0.29, 0.717) is 11.6 Å². The average Bonchev–Trinajstić information content (AvgIpc) is 3.02. The lowest BCUT2D eigenvalue weighted by atomic mass is 10.3. The molecule has 0 aliphatic carbocycles. The van der Waals surface area contributed by atoms with Crippen molar-refractivity contribution in [2.75, 3.05) is 0 Å². The lowest BCUT2D eigenvalue weighted by Gasteiger charge is -1.90. The summed E-state index contributed by atoms with van der Waals surface area (Å²) in [6.45, 7) is 2.10. The highest BCUT2D eigenvalue weighted by Gasteiger charge is 2.08. The highest BCUT2D eigenvalue weighted by molar-refractivity contribution is 7.98. The molecule has 0 fully saturated rings. The Labute approximate surface area is 114 Å². The van der Waals surface area contributed by atoms with Crippen molar-refractivity contribution in [2.45, 2.75) is 30.7 Å². The number of aryl methyl sites for hydroxylation is 1. The third kappa shape index (κ3) is 2.78. The van der Waals surface area contributed by atoms with Crippen molar-refractivity contribution in [2.24, 2.45) is 0 Å². The van der Waals surface area contributed by atoms with E-state index in [0.717, 1.165) is 34.9 Å². The van der Waals surface area contributed by atoms with Crippen molar-refractivity contribution >= 4 is 22.8 Å². The SMILES string of the molecule is CCCc1noc(CSc2nc3ccccc3[nH]2)n1. The molecule has 19 heavy (non-hydrogen) atoms. The Hall–Kier alpha value is -1.82. The molecule has 0 amide bonds. The van der Waals surface area contributed by atoms with E-state index in [-0.39, 0.29) is 0 Å². The van der Waals surface area contributed by atoms with Gasteiger partial charge in [0.15, 0.2) is 11.0 Å². The van der Waals surface area contributed by atoms with Crippen LogP contribution in [0.5, 0.6) is 0 Å². The zero-order chi connectivity index (χ0) is 13.1. The number of aromatic amines is 1. The fourth-order valence-corrected chi connectivity index (χ4v) is 2.52. The van der Waals surface area contributed by atoms with Gasteiger partial charge in [-0.25, -0.2) is 4.98 Å². The maximum absolute atomic E-state index is 5.19. The predicted molar refractivity (Wildman–Crippen MR) is 73.9 cm³/mol. The summed E-state index contributed by atoms with van der Waals surface area (Å²) in [4.78, 5) is 12.1. The van der Waals surface area contributed by atoms with E-state index >= 15 is 0 Å². The zero-order valence-electron chi connectivity index (χ0n) is 10.6. The van der Waals surface area contributed by atoms with Gasteiger partial charge >= 0.3 is 0 Å². The maximum atomic E-state index is 5.19. The first-order valence-corrected chi connectivity index (χ1v) is 7.22. The fraction of sp³-hybridized carbons (Fsp3) is 0.308. The van der Waals surface area contributed by atoms with Crippen molar-refractivity contribution in [1.82, 2.24) is 20.1 Å². The largest absolute Gasteiger partial charge is 0.338 e. The number of rotatable bonds is 5. The molecule has 3 rings (SSSR count). The van der Waals surface area contributed by atoms with Crippen molar-refractivity contribution in [3.05, 3.63) is 36.0 Å². The van der Waals surface area contributed by atoms with Gasteiger partial charge in [-0.15, -0.1) is 0 Å². The molecule has 0 saturated heterocycles. The van der Waals surface area contributed by atoms with Crippen LogP contribution >= 0.6 is 11.8 Å². The van der Waals surface area contributed by atoms with Gasteiger partial charge in [0.2, 0.25) is 5.89 Å². The summed E-state index contributed by atoms with van der Waals surface area (Å²) in [5, 5.41) is 4.80. The number of thioether (sulfide) groups is 1. The second-order valence-corrected chi connectivity index (χ2v) is 5.17. The van der Waals surface area contributed by atoms with Crippen LogP contribution in [0, 0.1) is 0 Å². The summed E-state index contributed by atoms with van der Waals surface area (Å²) < 4.78 is 5.19. The minimum atomic E-state index is 0.635. The molecule has 98 valence electrons. The number of hydrogen-bond donors (Lipinski definition) is 1. The second-order valence-electron chi connectivity index (χ2n) is 4.20. The Kier molecular flexibility index (Phi) is 3.50. The molecule has 0 saturated carbocycles. The quantitative estimate of drug-likeness (QED) is 0.724. The van der Waals surface area contributed by atoms with Crippen LogP contribution in [-0.4, -0.2) is 20.1 Å². The number of H-pyrrole nitrogens is 1. The van der Waals surface area contributed by atoms with E-state index in [4.69, 9.17) is 4.52 Å². The standard InChI is InChI=1S/C13H14N4OS/c1-2-5-11-16-12(18-17-11)8-19-13-14-9-6-3-4-7-10(9)15-13/h3-4,6-7H,2,5,8H2,1H3,(H,14,15). The minimum Gasteiger partial charge on any atom is -0.338 e. The summed E-state index contributed by atoms with van der Waals surface area (Å²) >= 11 is 1.57. The van der Waals surface area contributed by atoms with Crippen LogP contribution < -0.4 is 0 Å². The van der Waals surface area contributed by atoms with E-state index in [1.807, 2.05) is 24.3 Å². The van der Waals surface area contributed by atoms with Gasteiger partial charge in [0, 0.05) is 6.42 Å². The summed E-state index contributed by atoms with van der Waals surface area (Å²) in [7, 11) is 0. The lowest BCUT2D eigenvalue weighted by molar-refractivity contribution is 0.384. The number of para-hydroxylation sites is 2. The van der Waals surface area contributed by atoms with Crippen LogP contribution in [0.3, 0.4) is 0 Å². The Balaban J connectivity index is 1.67. The third-order valence-corrected chi connectivity index (χ3v) is 3.54. The van der Waals surface area contributed by atoms with Gasteiger partial charge in [0.05, 0.1) is 16.8 Å². The molecule has 1 aromatic carbocycles. The minimum absolute atomic E-state index is 0.635. The van der Waals surface area contributed by atoms with E-state index in [1.165, 1.54) is 0 Å². The summed E-state index contributed by atoms with van der Waals surface area (Å²) in [6, 6.07) is 7.97. The van der Waals surface area contributed by atoms with E-state index in [2.05, 4.69) is 27.0 Å². The Morgan fingerprint density at radius 2 is 2.16 bits per heavy atom. The van der Waals surface area contributed by atoms with Gasteiger partial charge in [0.25, 0.3) is 0 Å². The molecule has 0 spiro atoms. The Bertz CT molecular complexity index is 643. The van der Waals surface area contributed by atoms with Crippen molar-refractivity contribution in [3.8, 4) is 0 Å². The van der Waals surface area contributed by atoms with Crippen LogP contribution in [0.15, 0.2) is 33.9 Å². The topological polar surface area (TPSA) is 67.6 Å².